The van der Waals surface area contributed by atoms with Crippen LogP contribution in [-0.2, 0) is 14.3 Å². The van der Waals surface area contributed by atoms with Gasteiger partial charge in [0.15, 0.2) is 0 Å². The standard InChI is InChI=1S/C13H22N2O3/c1-3-18-12(16)8-15(10-4-5-10)13(17)11-6-7-14-9(11)2/h9-11,14H,3-8H2,1-2H3. The Morgan fingerprint density at radius 1 is 1.33 bits per heavy atom. The smallest absolute Gasteiger partial charge is 0.325 e. The minimum atomic E-state index is -0.295. The summed E-state index contributed by atoms with van der Waals surface area (Å²) in [6.07, 6.45) is 2.89. The molecule has 18 heavy (non-hydrogen) atoms. The summed E-state index contributed by atoms with van der Waals surface area (Å²) in [5, 5.41) is 3.28. The molecule has 1 amide bonds. The van der Waals surface area contributed by atoms with E-state index in [0.717, 1.165) is 25.8 Å². The van der Waals surface area contributed by atoms with Crippen molar-refractivity contribution in [3.63, 3.8) is 0 Å². The molecule has 1 N–H and O–H groups in total. The van der Waals surface area contributed by atoms with Gasteiger partial charge < -0.3 is 15.0 Å². The second-order valence-corrected chi connectivity index (χ2v) is 5.14. The summed E-state index contributed by atoms with van der Waals surface area (Å²) < 4.78 is 4.94. The summed E-state index contributed by atoms with van der Waals surface area (Å²) in [6, 6.07) is 0.468. The highest BCUT2D eigenvalue weighted by atomic mass is 16.5. The zero-order valence-electron chi connectivity index (χ0n) is 11.1. The molecule has 0 bridgehead atoms. The zero-order chi connectivity index (χ0) is 13.1. The second kappa shape index (κ2) is 5.69. The maximum atomic E-state index is 12.5. The lowest BCUT2D eigenvalue weighted by atomic mass is 10.0. The monoisotopic (exact) mass is 254 g/mol. The maximum absolute atomic E-state index is 12.5. The normalized spacial score (nSPS) is 27.0. The van der Waals surface area contributed by atoms with Crippen LogP contribution in [0.5, 0.6) is 0 Å². The number of hydrogen-bond donors (Lipinski definition) is 1. The number of carbonyl (C=O) groups excluding carboxylic acids is 2. The SMILES string of the molecule is CCOC(=O)CN(C(=O)C1CCNC1C)C1CC1. The van der Waals surface area contributed by atoms with Crippen molar-refractivity contribution in [2.24, 2.45) is 5.92 Å². The number of ether oxygens (including phenoxy) is 1. The number of rotatable bonds is 5. The highest BCUT2D eigenvalue weighted by Crippen LogP contribution is 2.30. The van der Waals surface area contributed by atoms with Gasteiger partial charge in [-0.1, -0.05) is 0 Å². The van der Waals surface area contributed by atoms with E-state index in [4.69, 9.17) is 4.74 Å². The Balaban J connectivity index is 1.96. The average Bonchev–Trinajstić information content (AvgIpc) is 3.08. The zero-order valence-corrected chi connectivity index (χ0v) is 11.1. The molecule has 2 aliphatic rings. The van der Waals surface area contributed by atoms with Crippen molar-refractivity contribution in [3.05, 3.63) is 0 Å². The molecule has 2 atom stereocenters. The van der Waals surface area contributed by atoms with Crippen LogP contribution in [0, 0.1) is 5.92 Å². The summed E-state index contributed by atoms with van der Waals surface area (Å²) in [7, 11) is 0. The Morgan fingerprint density at radius 3 is 2.56 bits per heavy atom. The quantitative estimate of drug-likeness (QED) is 0.727. The van der Waals surface area contributed by atoms with Gasteiger partial charge in [-0.05, 0) is 39.7 Å². The van der Waals surface area contributed by atoms with Crippen LogP contribution in [0.4, 0.5) is 0 Å². The van der Waals surface area contributed by atoms with Crippen molar-refractivity contribution in [1.29, 1.82) is 0 Å². The number of nitrogens with zero attached hydrogens (tertiary/aromatic N) is 1. The van der Waals surface area contributed by atoms with Gasteiger partial charge in [0.25, 0.3) is 0 Å². The number of esters is 1. The van der Waals surface area contributed by atoms with Crippen LogP contribution in [0.2, 0.25) is 0 Å². The van der Waals surface area contributed by atoms with Gasteiger partial charge in [-0.15, -0.1) is 0 Å². The Hall–Kier alpha value is -1.10. The molecule has 5 nitrogen and oxygen atoms in total. The Kier molecular flexibility index (Phi) is 4.22. The first kappa shape index (κ1) is 13.3. The van der Waals surface area contributed by atoms with Crippen molar-refractivity contribution in [3.8, 4) is 0 Å². The predicted molar refractivity (Wildman–Crippen MR) is 66.9 cm³/mol. The minimum absolute atomic E-state index is 0.0139. The van der Waals surface area contributed by atoms with Crippen LogP contribution in [-0.4, -0.2) is 48.6 Å². The van der Waals surface area contributed by atoms with E-state index in [1.165, 1.54) is 0 Å². The third kappa shape index (κ3) is 3.02. The molecule has 1 saturated heterocycles. The van der Waals surface area contributed by atoms with E-state index >= 15 is 0 Å². The molecule has 0 aromatic rings. The van der Waals surface area contributed by atoms with Crippen molar-refractivity contribution in [2.75, 3.05) is 19.7 Å². The molecule has 0 spiro atoms. The van der Waals surface area contributed by atoms with Gasteiger partial charge in [0.2, 0.25) is 5.91 Å². The van der Waals surface area contributed by atoms with Crippen LogP contribution in [0.1, 0.15) is 33.1 Å². The van der Waals surface area contributed by atoms with E-state index in [2.05, 4.69) is 5.32 Å². The molecule has 2 rings (SSSR count). The number of nitrogens with one attached hydrogen (secondary N) is 1. The van der Waals surface area contributed by atoms with E-state index in [1.54, 1.807) is 11.8 Å². The van der Waals surface area contributed by atoms with Gasteiger partial charge in [0, 0.05) is 12.1 Å². The van der Waals surface area contributed by atoms with Crippen LogP contribution in [0.25, 0.3) is 0 Å². The van der Waals surface area contributed by atoms with Crippen LogP contribution in [0.3, 0.4) is 0 Å². The first-order valence-electron chi connectivity index (χ1n) is 6.83. The van der Waals surface area contributed by atoms with Gasteiger partial charge in [-0.25, -0.2) is 0 Å². The molecule has 2 unspecified atom stereocenters. The second-order valence-electron chi connectivity index (χ2n) is 5.14. The van der Waals surface area contributed by atoms with Crippen LogP contribution in [0.15, 0.2) is 0 Å². The Bertz CT molecular complexity index is 328. The molecule has 2 fully saturated rings. The lowest BCUT2D eigenvalue weighted by Gasteiger charge is -2.26. The first-order chi connectivity index (χ1) is 8.63. The Labute approximate surface area is 108 Å². The van der Waals surface area contributed by atoms with E-state index < -0.39 is 0 Å². The molecule has 0 radical (unpaired) electrons. The summed E-state index contributed by atoms with van der Waals surface area (Å²) in [6.45, 7) is 5.18. The van der Waals surface area contributed by atoms with Crippen molar-refractivity contribution < 1.29 is 14.3 Å². The number of carbonyl (C=O) groups is 2. The van der Waals surface area contributed by atoms with Gasteiger partial charge in [0.05, 0.1) is 12.5 Å². The van der Waals surface area contributed by atoms with E-state index in [0.29, 0.717) is 6.61 Å². The van der Waals surface area contributed by atoms with Gasteiger partial charge in [-0.3, -0.25) is 9.59 Å². The summed E-state index contributed by atoms with van der Waals surface area (Å²) in [5.41, 5.74) is 0. The van der Waals surface area contributed by atoms with Gasteiger partial charge in [0.1, 0.15) is 6.54 Å². The minimum Gasteiger partial charge on any atom is -0.465 e. The lowest BCUT2D eigenvalue weighted by Crippen LogP contribution is -2.44. The first-order valence-corrected chi connectivity index (χ1v) is 6.83. The molecule has 0 aromatic carbocycles. The van der Waals surface area contributed by atoms with Crippen LogP contribution >= 0.6 is 0 Å². The number of amides is 1. The summed E-state index contributed by atoms with van der Waals surface area (Å²) in [4.78, 5) is 25.7. The van der Waals surface area contributed by atoms with E-state index in [1.807, 2.05) is 6.92 Å². The molecule has 5 heteroatoms. The largest absolute Gasteiger partial charge is 0.465 e. The number of hydrogen-bond acceptors (Lipinski definition) is 4. The highest BCUT2D eigenvalue weighted by Gasteiger charge is 2.40. The van der Waals surface area contributed by atoms with E-state index in [-0.39, 0.29) is 36.4 Å². The van der Waals surface area contributed by atoms with Gasteiger partial charge >= 0.3 is 5.97 Å². The lowest BCUT2D eigenvalue weighted by molar-refractivity contribution is -0.150. The molecular formula is C13H22N2O3. The predicted octanol–water partition coefficient (Wildman–Crippen LogP) is 0.539. The van der Waals surface area contributed by atoms with Gasteiger partial charge in [-0.2, -0.15) is 0 Å². The van der Waals surface area contributed by atoms with Crippen LogP contribution < -0.4 is 5.32 Å². The third-order valence-corrected chi connectivity index (χ3v) is 3.72. The molecule has 1 heterocycles. The summed E-state index contributed by atoms with van der Waals surface area (Å²) in [5.74, 6) is -0.167. The Morgan fingerprint density at radius 2 is 2.06 bits per heavy atom. The molecule has 1 saturated carbocycles. The highest BCUT2D eigenvalue weighted by molar-refractivity contribution is 5.85. The fourth-order valence-electron chi connectivity index (χ4n) is 2.53. The fraction of sp³-hybridized carbons (Fsp3) is 0.846. The van der Waals surface area contributed by atoms with E-state index in [9.17, 15) is 9.59 Å². The third-order valence-electron chi connectivity index (χ3n) is 3.72. The molecule has 1 aliphatic carbocycles. The molecule has 0 aromatic heterocycles. The summed E-state index contributed by atoms with van der Waals surface area (Å²) >= 11 is 0. The van der Waals surface area contributed by atoms with Crippen molar-refractivity contribution in [1.82, 2.24) is 10.2 Å². The van der Waals surface area contributed by atoms with Crippen molar-refractivity contribution in [2.45, 2.75) is 45.2 Å². The molecule has 1 aliphatic heterocycles. The fourth-order valence-corrected chi connectivity index (χ4v) is 2.53. The van der Waals surface area contributed by atoms with Crippen molar-refractivity contribution >= 4 is 11.9 Å². The molecule has 102 valence electrons. The molecular weight excluding hydrogens is 232 g/mol. The topological polar surface area (TPSA) is 58.6 Å². The maximum Gasteiger partial charge on any atom is 0.325 e. The average molecular weight is 254 g/mol.